The van der Waals surface area contributed by atoms with Gasteiger partial charge in [0, 0.05) is 32.4 Å². The number of pyridine rings is 1. The van der Waals surface area contributed by atoms with E-state index in [4.69, 9.17) is 0 Å². The van der Waals surface area contributed by atoms with E-state index in [0.29, 0.717) is 0 Å². The Bertz CT molecular complexity index is 390. The lowest BCUT2D eigenvalue weighted by Crippen LogP contribution is -2.47. The Morgan fingerprint density at radius 3 is 2.67 bits per heavy atom. The van der Waals surface area contributed by atoms with Gasteiger partial charge in [-0.25, -0.2) is 0 Å². The first-order valence-corrected chi connectivity index (χ1v) is 6.62. The molecule has 96 valence electrons. The monoisotopic (exact) mass is 244 g/mol. The topological polar surface area (TPSA) is 43.2 Å². The summed E-state index contributed by atoms with van der Waals surface area (Å²) in [7, 11) is 0. The Kier molecular flexibility index (Phi) is 4.68. The molecule has 1 aliphatic rings. The summed E-state index contributed by atoms with van der Waals surface area (Å²) in [5.41, 5.74) is 0.865. The molecule has 4 nitrogen and oxygen atoms in total. The Morgan fingerprint density at radius 1 is 1.33 bits per heavy atom. The van der Waals surface area contributed by atoms with Gasteiger partial charge in [-0.15, -0.1) is 0 Å². The first kappa shape index (κ1) is 13.0. The second-order valence-electron chi connectivity index (χ2n) is 4.66. The van der Waals surface area contributed by atoms with E-state index >= 15 is 0 Å². The van der Waals surface area contributed by atoms with Crippen molar-refractivity contribution in [3.05, 3.63) is 30.1 Å². The maximum absolute atomic E-state index is 9.36. The average molecular weight is 244 g/mol. The third-order valence-corrected chi connectivity index (χ3v) is 3.40. The third kappa shape index (κ3) is 3.06. The van der Waals surface area contributed by atoms with Crippen LogP contribution >= 0.6 is 0 Å². The molecular formula is C14H20N4. The fourth-order valence-electron chi connectivity index (χ4n) is 2.43. The van der Waals surface area contributed by atoms with E-state index in [0.717, 1.165) is 38.4 Å². The van der Waals surface area contributed by atoms with Gasteiger partial charge < -0.3 is 4.90 Å². The summed E-state index contributed by atoms with van der Waals surface area (Å²) in [5.74, 6) is 0. The van der Waals surface area contributed by atoms with Crippen molar-refractivity contribution >= 4 is 0 Å². The van der Waals surface area contributed by atoms with Crippen molar-refractivity contribution in [1.29, 1.82) is 5.26 Å². The van der Waals surface area contributed by atoms with Crippen molar-refractivity contribution < 1.29 is 0 Å². The van der Waals surface area contributed by atoms with Gasteiger partial charge in [-0.1, -0.05) is 13.0 Å². The highest BCUT2D eigenvalue weighted by Crippen LogP contribution is 2.19. The Hall–Kier alpha value is -1.44. The second-order valence-corrected chi connectivity index (χ2v) is 4.66. The van der Waals surface area contributed by atoms with Crippen LogP contribution in [-0.4, -0.2) is 47.5 Å². The Labute approximate surface area is 109 Å². The summed E-state index contributed by atoms with van der Waals surface area (Å²) >= 11 is 0. The van der Waals surface area contributed by atoms with Gasteiger partial charge in [-0.05, 0) is 25.1 Å². The number of rotatable bonds is 4. The van der Waals surface area contributed by atoms with Crippen LogP contribution in [-0.2, 0) is 0 Å². The minimum Gasteiger partial charge on any atom is -0.301 e. The summed E-state index contributed by atoms with van der Waals surface area (Å²) in [4.78, 5) is 8.99. The van der Waals surface area contributed by atoms with E-state index in [2.05, 4.69) is 27.8 Å². The van der Waals surface area contributed by atoms with E-state index in [1.54, 1.807) is 6.20 Å². The van der Waals surface area contributed by atoms with Crippen LogP contribution in [0.1, 0.15) is 25.1 Å². The standard InChI is InChI=1S/C14H20N4/c1-2-7-17-8-10-18(11-9-17)14(12-15)13-5-3-4-6-16-13/h3-6,14H,2,7-11H2,1H3. The van der Waals surface area contributed by atoms with Gasteiger partial charge in [0.05, 0.1) is 11.8 Å². The van der Waals surface area contributed by atoms with Crippen LogP contribution in [0, 0.1) is 11.3 Å². The molecule has 1 fully saturated rings. The molecule has 2 rings (SSSR count). The summed E-state index contributed by atoms with van der Waals surface area (Å²) in [6.07, 6.45) is 2.95. The predicted octanol–water partition coefficient (Wildman–Crippen LogP) is 1.67. The van der Waals surface area contributed by atoms with Crippen molar-refractivity contribution in [3.8, 4) is 6.07 Å². The number of hydrogen-bond donors (Lipinski definition) is 0. The molecule has 1 saturated heterocycles. The number of nitriles is 1. The van der Waals surface area contributed by atoms with Gasteiger partial charge in [0.15, 0.2) is 0 Å². The van der Waals surface area contributed by atoms with Crippen LogP contribution in [0.25, 0.3) is 0 Å². The molecule has 0 N–H and O–H groups in total. The fraction of sp³-hybridized carbons (Fsp3) is 0.571. The molecule has 18 heavy (non-hydrogen) atoms. The molecule has 0 aliphatic carbocycles. The van der Waals surface area contributed by atoms with E-state index in [-0.39, 0.29) is 6.04 Å². The number of nitrogens with zero attached hydrogens (tertiary/aromatic N) is 4. The molecule has 4 heteroatoms. The van der Waals surface area contributed by atoms with Crippen LogP contribution in [0.4, 0.5) is 0 Å². The highest BCUT2D eigenvalue weighted by molar-refractivity contribution is 5.16. The van der Waals surface area contributed by atoms with Gasteiger partial charge in [0.2, 0.25) is 0 Å². The molecule has 1 aliphatic heterocycles. The van der Waals surface area contributed by atoms with E-state index in [9.17, 15) is 5.26 Å². The first-order valence-electron chi connectivity index (χ1n) is 6.62. The molecule has 1 atom stereocenters. The molecule has 2 heterocycles. The fourth-order valence-corrected chi connectivity index (χ4v) is 2.43. The van der Waals surface area contributed by atoms with Gasteiger partial charge in [0.25, 0.3) is 0 Å². The van der Waals surface area contributed by atoms with E-state index in [1.807, 2.05) is 18.2 Å². The highest BCUT2D eigenvalue weighted by atomic mass is 15.3. The molecular weight excluding hydrogens is 224 g/mol. The molecule has 0 saturated carbocycles. The lowest BCUT2D eigenvalue weighted by atomic mass is 10.1. The van der Waals surface area contributed by atoms with Crippen LogP contribution < -0.4 is 0 Å². The van der Waals surface area contributed by atoms with Crippen LogP contribution in [0.5, 0.6) is 0 Å². The van der Waals surface area contributed by atoms with Crippen molar-refractivity contribution in [2.75, 3.05) is 32.7 Å². The van der Waals surface area contributed by atoms with Crippen molar-refractivity contribution in [1.82, 2.24) is 14.8 Å². The maximum Gasteiger partial charge on any atom is 0.141 e. The van der Waals surface area contributed by atoms with Gasteiger partial charge in [-0.2, -0.15) is 5.26 Å². The van der Waals surface area contributed by atoms with E-state index < -0.39 is 0 Å². The average Bonchev–Trinajstić information content (AvgIpc) is 2.43. The molecule has 0 spiro atoms. The van der Waals surface area contributed by atoms with Crippen molar-refractivity contribution in [2.24, 2.45) is 0 Å². The molecule has 1 aromatic rings. The zero-order chi connectivity index (χ0) is 12.8. The summed E-state index contributed by atoms with van der Waals surface area (Å²) in [6, 6.07) is 7.95. The second kappa shape index (κ2) is 6.48. The molecule has 0 aromatic carbocycles. The molecule has 0 amide bonds. The van der Waals surface area contributed by atoms with Crippen molar-refractivity contribution in [2.45, 2.75) is 19.4 Å². The Morgan fingerprint density at radius 2 is 2.11 bits per heavy atom. The van der Waals surface area contributed by atoms with Gasteiger partial charge in [-0.3, -0.25) is 9.88 Å². The van der Waals surface area contributed by atoms with Crippen LogP contribution in [0.15, 0.2) is 24.4 Å². The van der Waals surface area contributed by atoms with E-state index in [1.165, 1.54) is 6.42 Å². The van der Waals surface area contributed by atoms with Gasteiger partial charge >= 0.3 is 0 Å². The summed E-state index contributed by atoms with van der Waals surface area (Å²) in [5, 5.41) is 9.36. The summed E-state index contributed by atoms with van der Waals surface area (Å²) in [6.45, 7) is 7.38. The smallest absolute Gasteiger partial charge is 0.141 e. The summed E-state index contributed by atoms with van der Waals surface area (Å²) < 4.78 is 0. The third-order valence-electron chi connectivity index (χ3n) is 3.40. The molecule has 0 radical (unpaired) electrons. The number of hydrogen-bond acceptors (Lipinski definition) is 4. The highest BCUT2D eigenvalue weighted by Gasteiger charge is 2.25. The number of aromatic nitrogens is 1. The quantitative estimate of drug-likeness (QED) is 0.808. The minimum atomic E-state index is -0.199. The molecule has 1 aromatic heterocycles. The Balaban J connectivity index is 1.97. The zero-order valence-corrected chi connectivity index (χ0v) is 10.9. The van der Waals surface area contributed by atoms with Gasteiger partial charge in [0.1, 0.15) is 6.04 Å². The van der Waals surface area contributed by atoms with Crippen molar-refractivity contribution in [3.63, 3.8) is 0 Å². The largest absolute Gasteiger partial charge is 0.301 e. The maximum atomic E-state index is 9.36. The number of piperazine rings is 1. The molecule has 1 unspecified atom stereocenters. The SMILES string of the molecule is CCCN1CCN(C(C#N)c2ccccn2)CC1. The lowest BCUT2D eigenvalue weighted by molar-refractivity contribution is 0.113. The lowest BCUT2D eigenvalue weighted by Gasteiger charge is -2.36. The van der Waals surface area contributed by atoms with Crippen LogP contribution in [0.3, 0.4) is 0 Å². The minimum absolute atomic E-state index is 0.199. The normalized spacial score (nSPS) is 19.3. The predicted molar refractivity (Wildman–Crippen MR) is 70.9 cm³/mol. The molecule has 0 bridgehead atoms. The van der Waals surface area contributed by atoms with Crippen LogP contribution in [0.2, 0.25) is 0 Å². The zero-order valence-electron chi connectivity index (χ0n) is 10.9. The first-order chi connectivity index (χ1) is 8.85.